The van der Waals surface area contributed by atoms with Crippen LogP contribution in [-0.2, 0) is 11.2 Å². The van der Waals surface area contributed by atoms with Gasteiger partial charge in [-0.25, -0.2) is 4.98 Å². The van der Waals surface area contributed by atoms with Crippen LogP contribution in [0.25, 0.3) is 0 Å². The van der Waals surface area contributed by atoms with Gasteiger partial charge in [0, 0.05) is 30.3 Å². The zero-order valence-electron chi connectivity index (χ0n) is 13.7. The molecule has 0 radical (unpaired) electrons. The van der Waals surface area contributed by atoms with E-state index in [0.717, 1.165) is 6.42 Å². The van der Waals surface area contributed by atoms with Crippen LogP contribution in [0.5, 0.6) is 0 Å². The van der Waals surface area contributed by atoms with E-state index >= 15 is 0 Å². The van der Waals surface area contributed by atoms with Crippen molar-refractivity contribution in [3.8, 4) is 0 Å². The van der Waals surface area contributed by atoms with Gasteiger partial charge in [0.15, 0.2) is 5.16 Å². The van der Waals surface area contributed by atoms with Gasteiger partial charge in [-0.3, -0.25) is 9.59 Å². The van der Waals surface area contributed by atoms with Gasteiger partial charge in [0.25, 0.3) is 5.56 Å². The highest BCUT2D eigenvalue weighted by Gasteiger charge is 2.22. The molecule has 2 atom stereocenters. The molecule has 0 spiro atoms. The number of rotatable bonds is 6. The average molecular weight is 339 g/mol. The average Bonchev–Trinajstić information content (AvgIpc) is 2.51. The predicted octanol–water partition coefficient (Wildman–Crippen LogP) is 1.40. The first-order chi connectivity index (χ1) is 11.0. The number of thioether (sulfide) groups is 1. The highest BCUT2D eigenvalue weighted by atomic mass is 32.2. The molecule has 2 unspecified atom stereocenters. The van der Waals surface area contributed by atoms with Crippen molar-refractivity contribution in [1.29, 1.82) is 0 Å². The summed E-state index contributed by atoms with van der Waals surface area (Å²) in [5.41, 5.74) is 0.860. The number of nitrogens with one attached hydrogen (secondary N) is 2. The Morgan fingerprint density at radius 1 is 1.43 bits per heavy atom. The second-order valence-electron chi connectivity index (χ2n) is 6.13. The number of hydrogen-bond acceptors (Lipinski definition) is 5. The highest BCUT2D eigenvalue weighted by molar-refractivity contribution is 7.99. The Balaban J connectivity index is 1.90. The predicted molar refractivity (Wildman–Crippen MR) is 90.7 cm³/mol. The lowest BCUT2D eigenvalue weighted by molar-refractivity contribution is -0.119. The Bertz CT molecular complexity index is 603. The molecular weight excluding hydrogens is 314 g/mol. The molecule has 0 bridgehead atoms. The molecule has 0 aliphatic heterocycles. The van der Waals surface area contributed by atoms with Crippen molar-refractivity contribution >= 4 is 17.7 Å². The molecular formula is C16H25N3O3S. The lowest BCUT2D eigenvalue weighted by Crippen LogP contribution is -2.41. The number of H-pyrrole nitrogens is 1. The fraction of sp³-hybridized carbons (Fsp3) is 0.688. The lowest BCUT2D eigenvalue weighted by atomic mass is 9.86. The van der Waals surface area contributed by atoms with Crippen LogP contribution >= 0.6 is 11.8 Å². The molecule has 3 N–H and O–H groups in total. The van der Waals surface area contributed by atoms with E-state index in [1.165, 1.54) is 31.0 Å². The van der Waals surface area contributed by atoms with E-state index in [0.29, 0.717) is 28.8 Å². The summed E-state index contributed by atoms with van der Waals surface area (Å²) < 4.78 is 0. The second-order valence-corrected chi connectivity index (χ2v) is 7.10. The zero-order chi connectivity index (χ0) is 16.8. The Morgan fingerprint density at radius 3 is 2.83 bits per heavy atom. The van der Waals surface area contributed by atoms with Gasteiger partial charge in [-0.1, -0.05) is 31.5 Å². The minimum atomic E-state index is -0.240. The van der Waals surface area contributed by atoms with E-state index in [-0.39, 0.29) is 29.9 Å². The van der Waals surface area contributed by atoms with E-state index in [1.807, 2.05) is 0 Å². The van der Waals surface area contributed by atoms with E-state index in [1.54, 1.807) is 6.92 Å². The highest BCUT2D eigenvalue weighted by Crippen LogP contribution is 2.24. The van der Waals surface area contributed by atoms with Crippen molar-refractivity contribution in [2.45, 2.75) is 57.1 Å². The fourth-order valence-electron chi connectivity index (χ4n) is 2.97. The lowest BCUT2D eigenvalue weighted by Gasteiger charge is -2.29. The number of amides is 1. The molecule has 2 rings (SSSR count). The summed E-state index contributed by atoms with van der Waals surface area (Å²) in [6.07, 6.45) is 4.91. The van der Waals surface area contributed by atoms with Crippen LogP contribution in [-0.4, -0.2) is 39.4 Å². The number of nitrogens with zero attached hydrogens (tertiary/aromatic N) is 1. The number of aliphatic hydroxyl groups excluding tert-OH is 1. The van der Waals surface area contributed by atoms with Crippen molar-refractivity contribution in [2.75, 3.05) is 12.4 Å². The first-order valence-electron chi connectivity index (χ1n) is 8.14. The van der Waals surface area contributed by atoms with Crippen LogP contribution in [0.2, 0.25) is 0 Å². The first kappa shape index (κ1) is 18.0. The van der Waals surface area contributed by atoms with Crippen LogP contribution in [0.15, 0.2) is 9.95 Å². The van der Waals surface area contributed by atoms with Gasteiger partial charge in [-0.15, -0.1) is 0 Å². The normalized spacial score (nSPS) is 21.2. The van der Waals surface area contributed by atoms with Gasteiger partial charge in [-0.05, 0) is 25.7 Å². The molecule has 1 amide bonds. The molecule has 1 heterocycles. The molecule has 0 aromatic carbocycles. The number of aryl methyl sites for hydroxylation is 1. The Labute approximate surface area is 140 Å². The van der Waals surface area contributed by atoms with Crippen molar-refractivity contribution in [3.05, 3.63) is 21.6 Å². The Kier molecular flexibility index (Phi) is 6.65. The molecule has 6 nitrogen and oxygen atoms in total. The third-order valence-corrected chi connectivity index (χ3v) is 5.23. The maximum Gasteiger partial charge on any atom is 0.255 e. The van der Waals surface area contributed by atoms with Crippen LogP contribution < -0.4 is 10.9 Å². The van der Waals surface area contributed by atoms with Crippen molar-refractivity contribution in [1.82, 2.24) is 15.3 Å². The smallest absolute Gasteiger partial charge is 0.255 e. The maximum atomic E-state index is 12.1. The summed E-state index contributed by atoms with van der Waals surface area (Å²) in [5.74, 6) is 0.745. The van der Waals surface area contributed by atoms with Gasteiger partial charge < -0.3 is 15.4 Å². The van der Waals surface area contributed by atoms with Gasteiger partial charge in [0.2, 0.25) is 5.91 Å². The minimum absolute atomic E-state index is 0.0199. The van der Waals surface area contributed by atoms with Crippen molar-refractivity contribution in [2.24, 2.45) is 5.92 Å². The molecule has 1 fully saturated rings. The Morgan fingerprint density at radius 2 is 2.17 bits per heavy atom. The minimum Gasteiger partial charge on any atom is -0.396 e. The summed E-state index contributed by atoms with van der Waals surface area (Å²) in [5, 5.41) is 12.5. The van der Waals surface area contributed by atoms with Crippen molar-refractivity contribution in [3.63, 3.8) is 0 Å². The summed E-state index contributed by atoms with van der Waals surface area (Å²) in [6.45, 7) is 3.84. The third-order valence-electron chi connectivity index (χ3n) is 4.36. The molecule has 0 saturated heterocycles. The number of hydrogen-bond donors (Lipinski definition) is 3. The maximum absolute atomic E-state index is 12.1. The summed E-state index contributed by atoms with van der Waals surface area (Å²) in [4.78, 5) is 31.0. The zero-order valence-corrected chi connectivity index (χ0v) is 14.5. The summed E-state index contributed by atoms with van der Waals surface area (Å²) in [6, 6.07) is 0.262. The molecule has 23 heavy (non-hydrogen) atoms. The summed E-state index contributed by atoms with van der Waals surface area (Å²) >= 11 is 1.23. The largest absolute Gasteiger partial charge is 0.396 e. The van der Waals surface area contributed by atoms with E-state index < -0.39 is 0 Å². The van der Waals surface area contributed by atoms with E-state index in [2.05, 4.69) is 22.2 Å². The first-order valence-corrected chi connectivity index (χ1v) is 9.12. The molecule has 1 aliphatic carbocycles. The number of aromatic amines is 1. The quantitative estimate of drug-likeness (QED) is 0.538. The van der Waals surface area contributed by atoms with Gasteiger partial charge in [-0.2, -0.15) is 0 Å². The molecule has 1 aliphatic rings. The molecule has 128 valence electrons. The number of carbonyl (C=O) groups excluding carboxylic acids is 1. The van der Waals surface area contributed by atoms with Crippen LogP contribution in [0.3, 0.4) is 0 Å². The number of carbonyl (C=O) groups is 1. The monoisotopic (exact) mass is 339 g/mol. The second kappa shape index (κ2) is 8.49. The molecule has 1 aromatic heterocycles. The SMILES string of the molecule is Cc1nc(SCC(=O)NC2CCCCC2C)[nH]c(=O)c1CCO. The van der Waals surface area contributed by atoms with Gasteiger partial charge in [0.1, 0.15) is 0 Å². The fourth-order valence-corrected chi connectivity index (χ4v) is 3.69. The van der Waals surface area contributed by atoms with Crippen LogP contribution in [0.1, 0.15) is 43.9 Å². The number of aliphatic hydroxyl groups is 1. The van der Waals surface area contributed by atoms with Gasteiger partial charge in [0.05, 0.1) is 5.75 Å². The topological polar surface area (TPSA) is 95.1 Å². The van der Waals surface area contributed by atoms with E-state index in [9.17, 15) is 9.59 Å². The standard InChI is InChI=1S/C16H25N3O3S/c1-10-5-3-4-6-13(10)18-14(21)9-23-16-17-11(2)12(7-8-20)15(22)19-16/h10,13,20H,3-9H2,1-2H3,(H,18,21)(H,17,19,22). The van der Waals surface area contributed by atoms with Crippen LogP contribution in [0.4, 0.5) is 0 Å². The Hall–Kier alpha value is -1.34. The van der Waals surface area contributed by atoms with E-state index in [4.69, 9.17) is 5.11 Å². The third kappa shape index (κ3) is 5.07. The van der Waals surface area contributed by atoms with Gasteiger partial charge >= 0.3 is 0 Å². The summed E-state index contributed by atoms with van der Waals surface area (Å²) in [7, 11) is 0. The van der Waals surface area contributed by atoms with Crippen LogP contribution in [0, 0.1) is 12.8 Å². The number of aromatic nitrogens is 2. The molecule has 7 heteroatoms. The molecule has 1 aromatic rings. The van der Waals surface area contributed by atoms with Crippen molar-refractivity contribution < 1.29 is 9.90 Å². The molecule has 1 saturated carbocycles.